The van der Waals surface area contributed by atoms with Crippen LogP contribution in [0.25, 0.3) is 0 Å². The Balaban J connectivity index is 1.81. The predicted octanol–water partition coefficient (Wildman–Crippen LogP) is 1.92. The molecule has 0 bridgehead atoms. The van der Waals surface area contributed by atoms with E-state index in [4.69, 9.17) is 4.74 Å². The molecule has 6 nitrogen and oxygen atoms in total. The lowest BCUT2D eigenvalue weighted by Crippen LogP contribution is -2.41. The fraction of sp³-hybridized carbons (Fsp3) is 0.611. The Morgan fingerprint density at radius 3 is 2.69 bits per heavy atom. The van der Waals surface area contributed by atoms with Crippen LogP contribution in [0.4, 0.5) is 4.39 Å². The maximum absolute atomic E-state index is 13.7. The molecule has 26 heavy (non-hydrogen) atoms. The van der Waals surface area contributed by atoms with Gasteiger partial charge in [0.15, 0.2) is 15.8 Å². The van der Waals surface area contributed by atoms with E-state index in [-0.39, 0.29) is 17.2 Å². The van der Waals surface area contributed by atoms with Crippen LogP contribution in [-0.2, 0) is 14.6 Å². The zero-order valence-corrected chi connectivity index (χ0v) is 16.3. The van der Waals surface area contributed by atoms with E-state index >= 15 is 0 Å². The van der Waals surface area contributed by atoms with Gasteiger partial charge in [0, 0.05) is 40.4 Å². The van der Waals surface area contributed by atoms with Crippen molar-refractivity contribution in [3.63, 3.8) is 0 Å². The van der Waals surface area contributed by atoms with Crippen molar-refractivity contribution in [2.75, 3.05) is 46.2 Å². The highest BCUT2D eigenvalue weighted by molar-refractivity contribution is 7.91. The molecule has 1 saturated heterocycles. The van der Waals surface area contributed by atoms with Crippen LogP contribution in [0.5, 0.6) is 0 Å². The van der Waals surface area contributed by atoms with Crippen molar-refractivity contribution in [3.05, 3.63) is 30.1 Å². The lowest BCUT2D eigenvalue weighted by atomic mass is 9.96. The largest absolute Gasteiger partial charge is 0.381 e. The number of sulfone groups is 1. The van der Waals surface area contributed by atoms with Gasteiger partial charge < -0.3 is 15.0 Å². The number of halogens is 1. The minimum absolute atomic E-state index is 0.172. The summed E-state index contributed by atoms with van der Waals surface area (Å²) in [4.78, 5) is 5.93. The van der Waals surface area contributed by atoms with E-state index in [0.29, 0.717) is 11.9 Å². The molecular formula is C18H28FN3O3S. The molecule has 0 saturated carbocycles. The SMILES string of the molecule is CN=C(NCCS(=O)(=O)c1ccccc1F)N(C)CCC1CCOCC1. The third-order valence-electron chi connectivity index (χ3n) is 4.61. The Morgan fingerprint density at radius 1 is 1.35 bits per heavy atom. The molecule has 8 heteroatoms. The zero-order chi connectivity index (χ0) is 19.0. The summed E-state index contributed by atoms with van der Waals surface area (Å²) in [5.41, 5.74) is 0. The maximum atomic E-state index is 13.7. The topological polar surface area (TPSA) is 71.0 Å². The molecule has 1 fully saturated rings. The van der Waals surface area contributed by atoms with Crippen LogP contribution in [0, 0.1) is 11.7 Å². The number of benzene rings is 1. The average Bonchev–Trinajstić information content (AvgIpc) is 2.64. The van der Waals surface area contributed by atoms with Crippen molar-refractivity contribution in [1.29, 1.82) is 0 Å². The number of nitrogens with one attached hydrogen (secondary N) is 1. The van der Waals surface area contributed by atoms with Gasteiger partial charge in [0.2, 0.25) is 0 Å². The molecule has 0 spiro atoms. The summed E-state index contributed by atoms with van der Waals surface area (Å²) < 4.78 is 43.6. The first-order valence-electron chi connectivity index (χ1n) is 8.91. The molecule has 0 atom stereocenters. The first-order chi connectivity index (χ1) is 12.4. The Morgan fingerprint density at radius 2 is 2.04 bits per heavy atom. The second kappa shape index (κ2) is 9.87. The fourth-order valence-electron chi connectivity index (χ4n) is 3.01. The Hall–Kier alpha value is -1.67. The number of aliphatic imine (C=N–C) groups is 1. The van der Waals surface area contributed by atoms with Crippen LogP contribution >= 0.6 is 0 Å². The Labute approximate surface area is 155 Å². The summed E-state index contributed by atoms with van der Waals surface area (Å²) in [6.45, 7) is 2.67. The summed E-state index contributed by atoms with van der Waals surface area (Å²) in [5.74, 6) is 0.387. The van der Waals surface area contributed by atoms with Crippen LogP contribution < -0.4 is 5.32 Å². The van der Waals surface area contributed by atoms with Gasteiger partial charge in [0.05, 0.1) is 5.75 Å². The quantitative estimate of drug-likeness (QED) is 0.574. The molecule has 1 aromatic rings. The Kier molecular flexibility index (Phi) is 7.84. The molecule has 1 aliphatic rings. The smallest absolute Gasteiger partial charge is 0.193 e. The van der Waals surface area contributed by atoms with Crippen molar-refractivity contribution in [2.24, 2.45) is 10.9 Å². The molecule has 0 unspecified atom stereocenters. The zero-order valence-electron chi connectivity index (χ0n) is 15.4. The van der Waals surface area contributed by atoms with E-state index in [1.807, 2.05) is 11.9 Å². The normalized spacial score (nSPS) is 16.5. The van der Waals surface area contributed by atoms with Crippen LogP contribution in [0.2, 0.25) is 0 Å². The second-order valence-corrected chi connectivity index (χ2v) is 8.57. The van der Waals surface area contributed by atoms with Crippen molar-refractivity contribution in [1.82, 2.24) is 10.2 Å². The highest BCUT2D eigenvalue weighted by atomic mass is 32.2. The van der Waals surface area contributed by atoms with Gasteiger partial charge in [-0.25, -0.2) is 12.8 Å². The highest BCUT2D eigenvalue weighted by Gasteiger charge is 2.19. The standard InChI is InChI=1S/C18H28FN3O3S/c1-20-18(22(2)11-7-15-8-12-25-13-9-15)21-10-14-26(23,24)17-6-4-3-5-16(17)19/h3-6,15H,7-14H2,1-2H3,(H,20,21). The van der Waals surface area contributed by atoms with Crippen LogP contribution in [0.3, 0.4) is 0 Å². The number of nitrogens with zero attached hydrogens (tertiary/aromatic N) is 2. The molecule has 1 aromatic carbocycles. The molecule has 0 aromatic heterocycles. The molecule has 1 N–H and O–H groups in total. The lowest BCUT2D eigenvalue weighted by molar-refractivity contribution is 0.0625. The van der Waals surface area contributed by atoms with Crippen LogP contribution in [0.15, 0.2) is 34.2 Å². The van der Waals surface area contributed by atoms with Crippen molar-refractivity contribution >= 4 is 15.8 Å². The predicted molar refractivity (Wildman–Crippen MR) is 101 cm³/mol. The van der Waals surface area contributed by atoms with Gasteiger partial charge in [-0.15, -0.1) is 0 Å². The molecule has 2 rings (SSSR count). The molecule has 0 radical (unpaired) electrons. The van der Waals surface area contributed by atoms with E-state index in [2.05, 4.69) is 10.3 Å². The van der Waals surface area contributed by atoms with E-state index < -0.39 is 15.7 Å². The summed E-state index contributed by atoms with van der Waals surface area (Å²) >= 11 is 0. The van der Waals surface area contributed by atoms with Crippen LogP contribution in [0.1, 0.15) is 19.3 Å². The van der Waals surface area contributed by atoms with Crippen molar-refractivity contribution < 1.29 is 17.5 Å². The fourth-order valence-corrected chi connectivity index (χ4v) is 4.25. The molecule has 1 aliphatic heterocycles. The number of hydrogen-bond acceptors (Lipinski definition) is 4. The summed E-state index contributed by atoms with van der Waals surface area (Å²) in [7, 11) is -0.0790. The van der Waals surface area contributed by atoms with Gasteiger partial charge in [0.25, 0.3) is 0 Å². The van der Waals surface area contributed by atoms with Gasteiger partial charge in [-0.1, -0.05) is 12.1 Å². The minimum atomic E-state index is -3.67. The van der Waals surface area contributed by atoms with Gasteiger partial charge in [-0.2, -0.15) is 0 Å². The maximum Gasteiger partial charge on any atom is 0.193 e. The third-order valence-corrected chi connectivity index (χ3v) is 6.36. The van der Waals surface area contributed by atoms with Crippen molar-refractivity contribution in [2.45, 2.75) is 24.2 Å². The Bertz CT molecular complexity index is 703. The first kappa shape index (κ1) is 20.6. The molecule has 0 aliphatic carbocycles. The monoisotopic (exact) mass is 385 g/mol. The summed E-state index contributed by atoms with van der Waals surface area (Å²) in [5, 5.41) is 3.05. The van der Waals surface area contributed by atoms with Gasteiger partial charge in [0.1, 0.15) is 10.7 Å². The number of guanidine groups is 1. The summed E-state index contributed by atoms with van der Waals surface area (Å²) in [6, 6.07) is 5.44. The number of hydrogen-bond donors (Lipinski definition) is 1. The molecule has 146 valence electrons. The first-order valence-corrected chi connectivity index (χ1v) is 10.6. The molecule has 0 amide bonds. The highest BCUT2D eigenvalue weighted by Crippen LogP contribution is 2.18. The third kappa shape index (κ3) is 5.95. The number of ether oxygens (including phenoxy) is 1. The van der Waals surface area contributed by atoms with E-state index in [9.17, 15) is 12.8 Å². The second-order valence-electron chi connectivity index (χ2n) is 6.49. The van der Waals surface area contributed by atoms with E-state index in [1.54, 1.807) is 7.05 Å². The average molecular weight is 386 g/mol. The van der Waals surface area contributed by atoms with Gasteiger partial charge in [-0.05, 0) is 37.3 Å². The molecular weight excluding hydrogens is 357 g/mol. The van der Waals surface area contributed by atoms with Gasteiger partial charge >= 0.3 is 0 Å². The lowest BCUT2D eigenvalue weighted by Gasteiger charge is -2.26. The van der Waals surface area contributed by atoms with E-state index in [0.717, 1.165) is 45.1 Å². The van der Waals surface area contributed by atoms with Gasteiger partial charge in [-0.3, -0.25) is 4.99 Å². The van der Waals surface area contributed by atoms with Crippen LogP contribution in [-0.4, -0.2) is 65.4 Å². The van der Waals surface area contributed by atoms with Crippen molar-refractivity contribution in [3.8, 4) is 0 Å². The minimum Gasteiger partial charge on any atom is -0.381 e. The van der Waals surface area contributed by atoms with E-state index in [1.165, 1.54) is 18.2 Å². The molecule has 1 heterocycles. The number of rotatable bonds is 7. The summed E-state index contributed by atoms with van der Waals surface area (Å²) in [6.07, 6.45) is 3.22.